The zero-order chi connectivity index (χ0) is 13.4. The van der Waals surface area contributed by atoms with Gasteiger partial charge in [0, 0.05) is 25.3 Å². The van der Waals surface area contributed by atoms with Crippen LogP contribution in [-0.4, -0.2) is 32.5 Å². The van der Waals surface area contributed by atoms with E-state index in [1.54, 1.807) is 13.8 Å². The zero-order valence-electron chi connectivity index (χ0n) is 11.2. The molecule has 1 aliphatic carbocycles. The lowest BCUT2D eigenvalue weighted by Gasteiger charge is -2.31. The monoisotopic (exact) mass is 267 g/mol. The Bertz CT molecular complexity index is 534. The van der Waals surface area contributed by atoms with Gasteiger partial charge < -0.3 is 5.32 Å². The van der Waals surface area contributed by atoms with Crippen molar-refractivity contribution < 1.29 is 8.42 Å². The van der Waals surface area contributed by atoms with Gasteiger partial charge in [0.25, 0.3) is 0 Å². The number of hydrogen-bond donors (Lipinski definition) is 1. The van der Waals surface area contributed by atoms with Crippen LogP contribution in [0.5, 0.6) is 0 Å². The molecule has 0 aliphatic heterocycles. The summed E-state index contributed by atoms with van der Waals surface area (Å²) in [4.78, 5) is 0. The van der Waals surface area contributed by atoms with Crippen LogP contribution in [-0.2, 0) is 16.3 Å². The van der Waals surface area contributed by atoms with Gasteiger partial charge >= 0.3 is 0 Å². The van der Waals surface area contributed by atoms with E-state index in [2.05, 4.69) is 29.6 Å². The molecular weight excluding hydrogens is 246 g/mol. The molecule has 18 heavy (non-hydrogen) atoms. The average molecular weight is 267 g/mol. The molecule has 2 rings (SSSR count). The third-order valence-electron chi connectivity index (χ3n) is 3.91. The van der Waals surface area contributed by atoms with E-state index in [9.17, 15) is 8.42 Å². The number of sulfone groups is 1. The molecule has 1 aliphatic rings. The van der Waals surface area contributed by atoms with Crippen LogP contribution in [0.3, 0.4) is 0 Å². The molecule has 0 bridgehead atoms. The first kappa shape index (κ1) is 13.6. The Kier molecular flexibility index (Phi) is 3.52. The molecule has 1 unspecified atom stereocenters. The molecule has 1 atom stereocenters. The molecule has 3 nitrogen and oxygen atoms in total. The van der Waals surface area contributed by atoms with E-state index in [4.69, 9.17) is 0 Å². The zero-order valence-corrected chi connectivity index (χ0v) is 12.0. The highest BCUT2D eigenvalue weighted by atomic mass is 32.2. The Morgan fingerprint density at radius 1 is 1.33 bits per heavy atom. The molecule has 0 saturated heterocycles. The lowest BCUT2D eigenvalue weighted by molar-refractivity contribution is 0.486. The second-order valence-corrected chi connectivity index (χ2v) is 8.41. The van der Waals surface area contributed by atoms with Crippen molar-refractivity contribution in [3.8, 4) is 0 Å². The van der Waals surface area contributed by atoms with Crippen LogP contribution in [0.1, 0.15) is 30.9 Å². The topological polar surface area (TPSA) is 46.2 Å². The van der Waals surface area contributed by atoms with Gasteiger partial charge in [-0.2, -0.15) is 0 Å². The summed E-state index contributed by atoms with van der Waals surface area (Å²) in [6, 6.07) is 8.44. The summed E-state index contributed by atoms with van der Waals surface area (Å²) in [5.41, 5.74) is 2.83. The highest BCUT2D eigenvalue weighted by Gasteiger charge is 2.31. The van der Waals surface area contributed by atoms with Crippen molar-refractivity contribution in [2.75, 3.05) is 19.3 Å². The van der Waals surface area contributed by atoms with E-state index >= 15 is 0 Å². The van der Waals surface area contributed by atoms with Gasteiger partial charge in [-0.25, -0.2) is 8.42 Å². The first-order valence-electron chi connectivity index (χ1n) is 6.29. The minimum absolute atomic E-state index is 0.504. The van der Waals surface area contributed by atoms with Crippen LogP contribution in [0.15, 0.2) is 24.3 Å². The lowest BCUT2D eigenvalue weighted by Crippen LogP contribution is -2.43. The first-order chi connectivity index (χ1) is 8.31. The van der Waals surface area contributed by atoms with Crippen LogP contribution in [0.2, 0.25) is 0 Å². The fraction of sp³-hybridized carbons (Fsp3) is 0.571. The molecule has 0 amide bonds. The quantitative estimate of drug-likeness (QED) is 0.884. The fourth-order valence-corrected chi connectivity index (χ4v) is 2.59. The third-order valence-corrected chi connectivity index (χ3v) is 6.06. The van der Waals surface area contributed by atoms with Crippen molar-refractivity contribution >= 4 is 9.84 Å². The number of rotatable bonds is 5. The molecule has 0 radical (unpaired) electrons. The van der Waals surface area contributed by atoms with Crippen molar-refractivity contribution in [2.45, 2.75) is 30.9 Å². The van der Waals surface area contributed by atoms with Gasteiger partial charge in [0.15, 0.2) is 9.84 Å². The SMILES string of the molecule is CC(C)(CNCC1Cc2ccccc21)S(C)(=O)=O. The van der Waals surface area contributed by atoms with Crippen molar-refractivity contribution in [1.82, 2.24) is 5.32 Å². The maximum Gasteiger partial charge on any atom is 0.153 e. The van der Waals surface area contributed by atoms with E-state index < -0.39 is 14.6 Å². The Labute approximate surface area is 110 Å². The number of fused-ring (bicyclic) bond motifs is 1. The smallest absolute Gasteiger partial charge is 0.153 e. The van der Waals surface area contributed by atoms with Crippen molar-refractivity contribution in [3.63, 3.8) is 0 Å². The summed E-state index contributed by atoms with van der Waals surface area (Å²) in [6.07, 6.45) is 2.40. The predicted octanol–water partition coefficient (Wildman–Crippen LogP) is 1.74. The van der Waals surface area contributed by atoms with E-state index in [0.29, 0.717) is 12.5 Å². The second kappa shape index (κ2) is 4.67. The maximum absolute atomic E-state index is 11.6. The van der Waals surface area contributed by atoms with E-state index in [0.717, 1.165) is 13.0 Å². The molecule has 100 valence electrons. The molecule has 1 aromatic carbocycles. The van der Waals surface area contributed by atoms with Crippen LogP contribution >= 0.6 is 0 Å². The molecule has 0 spiro atoms. The molecule has 1 aromatic rings. The normalized spacial score (nSPS) is 19.2. The van der Waals surface area contributed by atoms with Gasteiger partial charge in [-0.3, -0.25) is 0 Å². The summed E-state index contributed by atoms with van der Waals surface area (Å²) in [6.45, 7) is 4.90. The molecule has 4 heteroatoms. The molecule has 0 fully saturated rings. The largest absolute Gasteiger partial charge is 0.315 e. The number of nitrogens with one attached hydrogen (secondary N) is 1. The average Bonchev–Trinajstić information content (AvgIpc) is 2.23. The molecule has 1 N–H and O–H groups in total. The van der Waals surface area contributed by atoms with Crippen molar-refractivity contribution in [1.29, 1.82) is 0 Å². The van der Waals surface area contributed by atoms with Crippen LogP contribution < -0.4 is 5.32 Å². The van der Waals surface area contributed by atoms with Gasteiger partial charge in [0.1, 0.15) is 0 Å². The first-order valence-corrected chi connectivity index (χ1v) is 8.18. The third kappa shape index (κ3) is 2.59. The van der Waals surface area contributed by atoms with Gasteiger partial charge in [0.2, 0.25) is 0 Å². The lowest BCUT2D eigenvalue weighted by atomic mass is 9.77. The van der Waals surface area contributed by atoms with Gasteiger partial charge in [-0.05, 0) is 31.4 Å². The Balaban J connectivity index is 1.86. The van der Waals surface area contributed by atoms with E-state index in [-0.39, 0.29) is 0 Å². The summed E-state index contributed by atoms with van der Waals surface area (Å²) in [5, 5.41) is 3.30. The number of hydrogen-bond acceptors (Lipinski definition) is 3. The Morgan fingerprint density at radius 3 is 2.61 bits per heavy atom. The molecule has 0 heterocycles. The summed E-state index contributed by atoms with van der Waals surface area (Å²) in [5.74, 6) is 0.538. The number of benzene rings is 1. The standard InChI is InChI=1S/C14H21NO2S/c1-14(2,18(3,16)17)10-15-9-12-8-11-6-4-5-7-13(11)12/h4-7,12,15H,8-10H2,1-3H3. The van der Waals surface area contributed by atoms with E-state index in [1.807, 2.05) is 0 Å². The van der Waals surface area contributed by atoms with Crippen LogP contribution in [0, 0.1) is 0 Å². The highest BCUT2D eigenvalue weighted by Crippen LogP contribution is 2.34. The van der Waals surface area contributed by atoms with Gasteiger partial charge in [0.05, 0.1) is 4.75 Å². The van der Waals surface area contributed by atoms with Crippen LogP contribution in [0.4, 0.5) is 0 Å². The second-order valence-electron chi connectivity index (χ2n) is 5.76. The Morgan fingerprint density at radius 2 is 2.00 bits per heavy atom. The Hall–Kier alpha value is -0.870. The predicted molar refractivity (Wildman–Crippen MR) is 74.7 cm³/mol. The van der Waals surface area contributed by atoms with Crippen molar-refractivity contribution in [2.24, 2.45) is 0 Å². The molecule has 0 aromatic heterocycles. The van der Waals surface area contributed by atoms with Crippen LogP contribution in [0.25, 0.3) is 0 Å². The highest BCUT2D eigenvalue weighted by molar-refractivity contribution is 7.92. The van der Waals surface area contributed by atoms with Crippen molar-refractivity contribution in [3.05, 3.63) is 35.4 Å². The summed E-state index contributed by atoms with van der Waals surface area (Å²) >= 11 is 0. The fourth-order valence-electron chi connectivity index (χ4n) is 2.22. The van der Waals surface area contributed by atoms with Gasteiger partial charge in [-0.1, -0.05) is 24.3 Å². The molecule has 0 saturated carbocycles. The minimum atomic E-state index is -3.01. The van der Waals surface area contributed by atoms with E-state index in [1.165, 1.54) is 17.4 Å². The van der Waals surface area contributed by atoms with Gasteiger partial charge in [-0.15, -0.1) is 0 Å². The molecular formula is C14H21NO2S. The maximum atomic E-state index is 11.6. The summed E-state index contributed by atoms with van der Waals surface area (Å²) < 4.78 is 22.4. The minimum Gasteiger partial charge on any atom is -0.315 e. The summed E-state index contributed by atoms with van der Waals surface area (Å²) in [7, 11) is -3.01.